The second kappa shape index (κ2) is 5.32. The molecule has 0 aliphatic carbocycles. The highest BCUT2D eigenvalue weighted by molar-refractivity contribution is 5.38. The van der Waals surface area contributed by atoms with Gasteiger partial charge in [-0.2, -0.15) is 5.26 Å². The molecule has 0 spiro atoms. The van der Waals surface area contributed by atoms with E-state index in [1.807, 2.05) is 24.3 Å². The molecule has 0 fully saturated rings. The van der Waals surface area contributed by atoms with Crippen LogP contribution in [-0.4, -0.2) is 0 Å². The summed E-state index contributed by atoms with van der Waals surface area (Å²) < 4.78 is 0. The van der Waals surface area contributed by atoms with Crippen LogP contribution < -0.4 is 0 Å². The van der Waals surface area contributed by atoms with Gasteiger partial charge in [-0.15, -0.1) is 0 Å². The molecule has 0 saturated carbocycles. The number of nitriles is 1. The largest absolute Gasteiger partial charge is 0.192 e. The predicted octanol–water partition coefficient (Wildman–Crippen LogP) is 4.10. The van der Waals surface area contributed by atoms with Crippen molar-refractivity contribution in [1.82, 2.24) is 0 Å². The second-order valence-electron chi connectivity index (χ2n) is 4.11. The van der Waals surface area contributed by atoms with Gasteiger partial charge in [-0.25, -0.2) is 0 Å². The first-order valence-electron chi connectivity index (χ1n) is 5.90. The summed E-state index contributed by atoms with van der Waals surface area (Å²) in [6.07, 6.45) is 1.04. The van der Waals surface area contributed by atoms with Crippen molar-refractivity contribution in [3.8, 4) is 6.07 Å². The lowest BCUT2D eigenvalue weighted by Crippen LogP contribution is -1.99. The molecule has 1 atom stereocenters. The molecular formula is C16H15N. The molecule has 84 valence electrons. The molecule has 0 unspecified atom stereocenters. The van der Waals surface area contributed by atoms with Crippen molar-refractivity contribution in [2.75, 3.05) is 0 Å². The van der Waals surface area contributed by atoms with E-state index in [9.17, 15) is 0 Å². The van der Waals surface area contributed by atoms with Crippen molar-refractivity contribution < 1.29 is 0 Å². The Balaban J connectivity index is 2.39. The zero-order valence-corrected chi connectivity index (χ0v) is 9.93. The first-order valence-corrected chi connectivity index (χ1v) is 5.90. The average Bonchev–Trinajstić information content (AvgIpc) is 2.41. The van der Waals surface area contributed by atoms with Crippen LogP contribution in [-0.2, 0) is 0 Å². The Hall–Kier alpha value is -2.07. The summed E-state index contributed by atoms with van der Waals surface area (Å²) in [4.78, 5) is 0. The molecule has 0 aliphatic rings. The van der Waals surface area contributed by atoms with Gasteiger partial charge in [-0.3, -0.25) is 0 Å². The van der Waals surface area contributed by atoms with E-state index in [4.69, 9.17) is 5.26 Å². The number of benzene rings is 2. The molecule has 2 aromatic carbocycles. The predicted molar refractivity (Wildman–Crippen MR) is 69.7 cm³/mol. The zero-order chi connectivity index (χ0) is 12.1. The minimum atomic E-state index is 0.379. The van der Waals surface area contributed by atoms with Crippen molar-refractivity contribution in [2.24, 2.45) is 0 Å². The Kier molecular flexibility index (Phi) is 3.57. The van der Waals surface area contributed by atoms with E-state index in [0.717, 1.165) is 12.0 Å². The van der Waals surface area contributed by atoms with Gasteiger partial charge in [0.25, 0.3) is 0 Å². The van der Waals surface area contributed by atoms with E-state index in [0.29, 0.717) is 5.92 Å². The lowest BCUT2D eigenvalue weighted by atomic mass is 9.88. The van der Waals surface area contributed by atoms with Crippen LogP contribution in [0.3, 0.4) is 0 Å². The van der Waals surface area contributed by atoms with Gasteiger partial charge >= 0.3 is 0 Å². The van der Waals surface area contributed by atoms with Crippen LogP contribution in [0.5, 0.6) is 0 Å². The monoisotopic (exact) mass is 221 g/mol. The van der Waals surface area contributed by atoms with Gasteiger partial charge in [0.05, 0.1) is 11.6 Å². The van der Waals surface area contributed by atoms with Crippen LogP contribution >= 0.6 is 0 Å². The first-order chi connectivity index (χ1) is 8.35. The standard InChI is InChI=1S/C16H15N/c1-2-16(14-8-4-3-5-9-14)15-10-6-7-13(11-15)12-17/h3-11,16H,2H2,1H3/t16-/m0/s1. The maximum absolute atomic E-state index is 8.94. The normalized spacial score (nSPS) is 11.8. The van der Waals surface area contributed by atoms with Gasteiger partial charge < -0.3 is 0 Å². The lowest BCUT2D eigenvalue weighted by molar-refractivity contribution is 0.777. The lowest BCUT2D eigenvalue weighted by Gasteiger charge is -2.16. The van der Waals surface area contributed by atoms with Crippen molar-refractivity contribution >= 4 is 0 Å². The third-order valence-corrected chi connectivity index (χ3v) is 3.03. The van der Waals surface area contributed by atoms with Crippen LogP contribution in [0.4, 0.5) is 0 Å². The molecule has 0 N–H and O–H groups in total. The summed E-state index contributed by atoms with van der Waals surface area (Å²) in [5, 5.41) is 8.94. The topological polar surface area (TPSA) is 23.8 Å². The van der Waals surface area contributed by atoms with E-state index in [-0.39, 0.29) is 0 Å². The first kappa shape index (κ1) is 11.4. The van der Waals surface area contributed by atoms with Crippen molar-refractivity contribution in [3.63, 3.8) is 0 Å². The van der Waals surface area contributed by atoms with Gasteiger partial charge in [0.15, 0.2) is 0 Å². The summed E-state index contributed by atoms with van der Waals surface area (Å²) in [6.45, 7) is 2.18. The fourth-order valence-electron chi connectivity index (χ4n) is 2.17. The van der Waals surface area contributed by atoms with Gasteiger partial charge in [-0.05, 0) is 29.7 Å². The van der Waals surface area contributed by atoms with E-state index in [2.05, 4.69) is 43.3 Å². The third-order valence-electron chi connectivity index (χ3n) is 3.03. The molecule has 0 saturated heterocycles. The molecule has 2 aromatic rings. The van der Waals surface area contributed by atoms with E-state index in [1.165, 1.54) is 11.1 Å². The Morgan fingerprint density at radius 1 is 1.00 bits per heavy atom. The van der Waals surface area contributed by atoms with Gasteiger partial charge in [-0.1, -0.05) is 49.4 Å². The average molecular weight is 221 g/mol. The maximum atomic E-state index is 8.94. The van der Waals surface area contributed by atoms with Crippen LogP contribution in [0.2, 0.25) is 0 Å². The van der Waals surface area contributed by atoms with E-state index < -0.39 is 0 Å². The Bertz CT molecular complexity index is 523. The quantitative estimate of drug-likeness (QED) is 0.765. The number of hydrogen-bond donors (Lipinski definition) is 0. The summed E-state index contributed by atoms with van der Waals surface area (Å²) in [7, 11) is 0. The fraction of sp³-hybridized carbons (Fsp3) is 0.188. The summed E-state index contributed by atoms with van der Waals surface area (Å²) in [5.41, 5.74) is 3.26. The molecule has 0 bridgehead atoms. The Morgan fingerprint density at radius 3 is 2.35 bits per heavy atom. The number of rotatable bonds is 3. The molecule has 0 radical (unpaired) electrons. The molecule has 1 nitrogen and oxygen atoms in total. The summed E-state index contributed by atoms with van der Waals surface area (Å²) in [5.74, 6) is 0.379. The van der Waals surface area contributed by atoms with E-state index >= 15 is 0 Å². The van der Waals surface area contributed by atoms with Gasteiger partial charge in [0.2, 0.25) is 0 Å². The second-order valence-corrected chi connectivity index (χ2v) is 4.11. The fourth-order valence-corrected chi connectivity index (χ4v) is 2.17. The maximum Gasteiger partial charge on any atom is 0.0991 e. The molecule has 0 amide bonds. The van der Waals surface area contributed by atoms with Crippen molar-refractivity contribution in [2.45, 2.75) is 19.3 Å². The van der Waals surface area contributed by atoms with Gasteiger partial charge in [0.1, 0.15) is 0 Å². The van der Waals surface area contributed by atoms with Crippen LogP contribution in [0, 0.1) is 11.3 Å². The van der Waals surface area contributed by atoms with Crippen LogP contribution in [0.1, 0.15) is 36.0 Å². The highest BCUT2D eigenvalue weighted by atomic mass is 14.2. The summed E-state index contributed by atoms with van der Waals surface area (Å²) >= 11 is 0. The molecule has 17 heavy (non-hydrogen) atoms. The van der Waals surface area contributed by atoms with E-state index in [1.54, 1.807) is 0 Å². The Morgan fingerprint density at radius 2 is 1.71 bits per heavy atom. The smallest absolute Gasteiger partial charge is 0.0991 e. The highest BCUT2D eigenvalue weighted by Gasteiger charge is 2.11. The molecule has 1 heteroatoms. The SMILES string of the molecule is CC[C@@H](c1ccccc1)c1cccc(C#N)c1. The van der Waals surface area contributed by atoms with Crippen LogP contribution in [0.15, 0.2) is 54.6 Å². The molecule has 0 aliphatic heterocycles. The molecule has 0 heterocycles. The molecule has 0 aromatic heterocycles. The Labute approximate surface area is 102 Å². The summed E-state index contributed by atoms with van der Waals surface area (Å²) in [6, 6.07) is 20.5. The van der Waals surface area contributed by atoms with Crippen molar-refractivity contribution in [1.29, 1.82) is 5.26 Å². The minimum absolute atomic E-state index is 0.379. The third kappa shape index (κ3) is 2.54. The zero-order valence-electron chi connectivity index (χ0n) is 9.93. The van der Waals surface area contributed by atoms with Gasteiger partial charge in [0, 0.05) is 5.92 Å². The highest BCUT2D eigenvalue weighted by Crippen LogP contribution is 2.27. The molecular weight excluding hydrogens is 206 g/mol. The molecule has 2 rings (SSSR count). The van der Waals surface area contributed by atoms with Crippen LogP contribution in [0.25, 0.3) is 0 Å². The minimum Gasteiger partial charge on any atom is -0.192 e. The number of hydrogen-bond acceptors (Lipinski definition) is 1. The number of nitrogens with zero attached hydrogens (tertiary/aromatic N) is 1. The van der Waals surface area contributed by atoms with Crippen molar-refractivity contribution in [3.05, 3.63) is 71.3 Å².